The molecule has 1 aromatic heterocycles. The quantitative estimate of drug-likeness (QED) is 0.943. The Kier molecular flexibility index (Phi) is 3.47. The average Bonchev–Trinajstić information content (AvgIpc) is 2.75. The van der Waals surface area contributed by atoms with Gasteiger partial charge in [-0.05, 0) is 28.9 Å². The van der Waals surface area contributed by atoms with Gasteiger partial charge in [0.05, 0.1) is 18.7 Å². The van der Waals surface area contributed by atoms with E-state index in [4.69, 9.17) is 19.7 Å². The van der Waals surface area contributed by atoms with Crippen LogP contribution in [0, 0.1) is 6.92 Å². The predicted octanol–water partition coefficient (Wildman–Crippen LogP) is 3.01. The Morgan fingerprint density at radius 1 is 1.22 bits per heavy atom. The van der Waals surface area contributed by atoms with E-state index in [1.807, 2.05) is 13.0 Å². The van der Waals surface area contributed by atoms with Crippen LogP contribution in [-0.2, 0) is 0 Å². The zero-order valence-electron chi connectivity index (χ0n) is 10.3. The number of methoxy groups -OCH3 is 2. The molecule has 0 bridgehead atoms. The molecule has 1 heterocycles. The first-order chi connectivity index (χ1) is 8.58. The van der Waals surface area contributed by atoms with Gasteiger partial charge in [-0.1, -0.05) is 5.16 Å². The van der Waals surface area contributed by atoms with Crippen molar-refractivity contribution in [2.24, 2.45) is 0 Å². The number of benzene rings is 1. The zero-order valence-corrected chi connectivity index (χ0v) is 11.9. The molecule has 0 fully saturated rings. The lowest BCUT2D eigenvalue weighted by molar-refractivity contribution is 0.387. The van der Waals surface area contributed by atoms with E-state index in [0.717, 1.165) is 21.3 Å². The van der Waals surface area contributed by atoms with Gasteiger partial charge in [-0.15, -0.1) is 0 Å². The Morgan fingerprint density at radius 3 is 2.39 bits per heavy atom. The molecule has 1 aromatic carbocycles. The summed E-state index contributed by atoms with van der Waals surface area (Å²) in [6.45, 7) is 1.91. The lowest BCUT2D eigenvalue weighted by Crippen LogP contribution is -1.96. The van der Waals surface area contributed by atoms with Gasteiger partial charge < -0.3 is 19.7 Å². The normalized spacial score (nSPS) is 10.4. The minimum Gasteiger partial charge on any atom is -0.496 e. The van der Waals surface area contributed by atoms with Crippen LogP contribution in [0.2, 0.25) is 0 Å². The molecule has 0 atom stereocenters. The fraction of sp³-hybridized carbons (Fsp3) is 0.250. The minimum atomic E-state index is 0.261. The number of hydrogen-bond donors (Lipinski definition) is 1. The highest BCUT2D eigenvalue weighted by Gasteiger charge is 2.18. The largest absolute Gasteiger partial charge is 0.496 e. The van der Waals surface area contributed by atoms with Gasteiger partial charge in [0.1, 0.15) is 17.2 Å². The third kappa shape index (κ3) is 2.03. The second-order valence-corrected chi connectivity index (χ2v) is 4.57. The number of hydrogen-bond acceptors (Lipinski definition) is 5. The third-order valence-corrected chi connectivity index (χ3v) is 3.22. The average molecular weight is 313 g/mol. The molecule has 0 aliphatic heterocycles. The summed E-state index contributed by atoms with van der Waals surface area (Å²) < 4.78 is 16.4. The number of nitrogens with zero attached hydrogens (tertiary/aromatic N) is 1. The van der Waals surface area contributed by atoms with Crippen molar-refractivity contribution in [3.63, 3.8) is 0 Å². The summed E-state index contributed by atoms with van der Waals surface area (Å²) in [4.78, 5) is 0. The summed E-state index contributed by atoms with van der Waals surface area (Å²) in [5, 5.41) is 3.89. The Morgan fingerprint density at radius 2 is 1.89 bits per heavy atom. The van der Waals surface area contributed by atoms with E-state index >= 15 is 0 Å². The molecule has 0 amide bonds. The Balaban J connectivity index is 2.68. The monoisotopic (exact) mass is 312 g/mol. The van der Waals surface area contributed by atoms with Gasteiger partial charge in [0.25, 0.3) is 0 Å². The summed E-state index contributed by atoms with van der Waals surface area (Å²) in [6, 6.07) is 3.51. The molecule has 2 N–H and O–H groups in total. The number of rotatable bonds is 3. The van der Waals surface area contributed by atoms with Crippen molar-refractivity contribution in [3.8, 4) is 22.8 Å². The SMILES string of the molecule is COc1c(Br)cc(-c2cc(N)on2)c(OC)c1C. The van der Waals surface area contributed by atoms with E-state index < -0.39 is 0 Å². The maximum Gasteiger partial charge on any atom is 0.222 e. The molecule has 0 aliphatic carbocycles. The fourth-order valence-corrected chi connectivity index (χ4v) is 2.55. The molecule has 6 heteroatoms. The van der Waals surface area contributed by atoms with Crippen molar-refractivity contribution in [1.29, 1.82) is 0 Å². The highest BCUT2D eigenvalue weighted by Crippen LogP contribution is 2.42. The van der Waals surface area contributed by atoms with Gasteiger partial charge in [-0.2, -0.15) is 0 Å². The molecule has 0 radical (unpaired) electrons. The summed E-state index contributed by atoms with van der Waals surface area (Å²) in [6.07, 6.45) is 0. The van der Waals surface area contributed by atoms with Gasteiger partial charge in [0.2, 0.25) is 5.88 Å². The van der Waals surface area contributed by atoms with E-state index in [-0.39, 0.29) is 5.88 Å². The second kappa shape index (κ2) is 4.89. The van der Waals surface area contributed by atoms with Crippen molar-refractivity contribution in [1.82, 2.24) is 5.16 Å². The van der Waals surface area contributed by atoms with Crippen molar-refractivity contribution in [2.45, 2.75) is 6.92 Å². The lowest BCUT2D eigenvalue weighted by Gasteiger charge is -2.14. The standard InChI is InChI=1S/C12H13BrN2O3/c1-6-11(16-2)7(4-8(13)12(6)17-3)9-5-10(14)18-15-9/h4-5H,14H2,1-3H3. The molecule has 2 aromatic rings. The van der Waals surface area contributed by atoms with Crippen LogP contribution in [0.3, 0.4) is 0 Å². The van der Waals surface area contributed by atoms with Crippen LogP contribution in [-0.4, -0.2) is 19.4 Å². The number of halogens is 1. The predicted molar refractivity (Wildman–Crippen MR) is 71.9 cm³/mol. The van der Waals surface area contributed by atoms with Crippen molar-refractivity contribution >= 4 is 21.8 Å². The lowest BCUT2D eigenvalue weighted by atomic mass is 10.1. The van der Waals surface area contributed by atoms with Crippen molar-refractivity contribution < 1.29 is 14.0 Å². The highest BCUT2D eigenvalue weighted by molar-refractivity contribution is 9.10. The smallest absolute Gasteiger partial charge is 0.222 e. The highest BCUT2D eigenvalue weighted by atomic mass is 79.9. The molecule has 0 saturated carbocycles. The molecule has 0 aliphatic rings. The molecule has 18 heavy (non-hydrogen) atoms. The molecule has 0 saturated heterocycles. The van der Waals surface area contributed by atoms with Crippen LogP contribution in [0.5, 0.6) is 11.5 Å². The van der Waals surface area contributed by atoms with Crippen molar-refractivity contribution in [3.05, 3.63) is 22.2 Å². The minimum absolute atomic E-state index is 0.261. The number of anilines is 1. The van der Waals surface area contributed by atoms with E-state index in [2.05, 4.69) is 21.1 Å². The van der Waals surface area contributed by atoms with E-state index in [1.165, 1.54) is 0 Å². The van der Waals surface area contributed by atoms with Crippen LogP contribution < -0.4 is 15.2 Å². The van der Waals surface area contributed by atoms with Crippen LogP contribution in [0.1, 0.15) is 5.56 Å². The molecular weight excluding hydrogens is 300 g/mol. The molecule has 5 nitrogen and oxygen atoms in total. The molecule has 2 rings (SSSR count). The van der Waals surface area contributed by atoms with Crippen LogP contribution in [0.25, 0.3) is 11.3 Å². The van der Waals surface area contributed by atoms with Crippen LogP contribution in [0.15, 0.2) is 21.1 Å². The van der Waals surface area contributed by atoms with Gasteiger partial charge in [-0.3, -0.25) is 0 Å². The van der Waals surface area contributed by atoms with E-state index in [9.17, 15) is 0 Å². The molecular formula is C12H13BrN2O3. The molecule has 0 unspecified atom stereocenters. The molecule has 0 spiro atoms. The maximum absolute atomic E-state index is 5.53. The maximum atomic E-state index is 5.53. The number of nitrogen functional groups attached to an aromatic ring is 1. The van der Waals surface area contributed by atoms with E-state index in [1.54, 1.807) is 20.3 Å². The first-order valence-electron chi connectivity index (χ1n) is 5.22. The van der Waals surface area contributed by atoms with Crippen LogP contribution in [0.4, 0.5) is 5.88 Å². The van der Waals surface area contributed by atoms with Gasteiger partial charge in [0, 0.05) is 17.2 Å². The number of aromatic nitrogens is 1. The Hall–Kier alpha value is -1.69. The number of nitrogens with two attached hydrogens (primary N) is 1. The number of ether oxygens (including phenoxy) is 2. The van der Waals surface area contributed by atoms with Gasteiger partial charge in [0.15, 0.2) is 0 Å². The fourth-order valence-electron chi connectivity index (χ4n) is 1.86. The van der Waals surface area contributed by atoms with Gasteiger partial charge >= 0.3 is 0 Å². The van der Waals surface area contributed by atoms with E-state index in [0.29, 0.717) is 11.4 Å². The first-order valence-corrected chi connectivity index (χ1v) is 6.01. The van der Waals surface area contributed by atoms with Crippen molar-refractivity contribution in [2.75, 3.05) is 20.0 Å². The molecule has 96 valence electrons. The summed E-state index contributed by atoms with van der Waals surface area (Å²) in [7, 11) is 3.21. The Labute approximate surface area is 113 Å². The summed E-state index contributed by atoms with van der Waals surface area (Å²) >= 11 is 3.46. The zero-order chi connectivity index (χ0) is 13.3. The van der Waals surface area contributed by atoms with Crippen LogP contribution >= 0.6 is 15.9 Å². The Bertz CT molecular complexity index is 581. The van der Waals surface area contributed by atoms with Gasteiger partial charge in [-0.25, -0.2) is 0 Å². The topological polar surface area (TPSA) is 70.5 Å². The third-order valence-electron chi connectivity index (χ3n) is 2.63. The summed E-state index contributed by atoms with van der Waals surface area (Å²) in [5.41, 5.74) is 7.83. The summed E-state index contributed by atoms with van der Waals surface area (Å²) in [5.74, 6) is 1.67. The first kappa shape index (κ1) is 12.8. The second-order valence-electron chi connectivity index (χ2n) is 3.71.